The maximum Gasteiger partial charge on any atom is 0.191 e. The molecule has 1 fully saturated rings. The minimum atomic E-state index is 0. The van der Waals surface area contributed by atoms with Crippen molar-refractivity contribution in [2.45, 2.75) is 71.6 Å². The van der Waals surface area contributed by atoms with Gasteiger partial charge in [-0.25, -0.2) is 0 Å². The van der Waals surface area contributed by atoms with E-state index in [0.717, 1.165) is 25.6 Å². The lowest BCUT2D eigenvalue weighted by molar-refractivity contribution is 0.152. The smallest absolute Gasteiger partial charge is 0.191 e. The van der Waals surface area contributed by atoms with Gasteiger partial charge in [0.1, 0.15) is 0 Å². The topological polar surface area (TPSA) is 42.9 Å². The number of piperazine rings is 1. The summed E-state index contributed by atoms with van der Waals surface area (Å²) in [5.41, 5.74) is 0. The van der Waals surface area contributed by atoms with Gasteiger partial charge >= 0.3 is 0 Å². The van der Waals surface area contributed by atoms with Crippen molar-refractivity contribution in [1.82, 2.24) is 20.4 Å². The van der Waals surface area contributed by atoms with Crippen LogP contribution in [0.5, 0.6) is 0 Å². The van der Waals surface area contributed by atoms with E-state index in [0.29, 0.717) is 0 Å². The van der Waals surface area contributed by atoms with E-state index in [1.807, 2.05) is 0 Å². The van der Waals surface area contributed by atoms with Crippen LogP contribution in [0.1, 0.15) is 71.6 Å². The quantitative estimate of drug-likeness (QED) is 0.166. The minimum absolute atomic E-state index is 0. The Morgan fingerprint density at radius 2 is 1.48 bits per heavy atom. The number of rotatable bonds is 14. The van der Waals surface area contributed by atoms with Crippen molar-refractivity contribution in [3.05, 3.63) is 0 Å². The molecule has 0 bridgehead atoms. The maximum atomic E-state index is 4.72. The van der Waals surface area contributed by atoms with Gasteiger partial charge in [0, 0.05) is 45.8 Å². The van der Waals surface area contributed by atoms with Crippen LogP contribution in [0.3, 0.4) is 0 Å². The summed E-state index contributed by atoms with van der Waals surface area (Å²) >= 11 is 0. The van der Waals surface area contributed by atoms with Gasteiger partial charge in [-0.3, -0.25) is 4.99 Å². The second-order valence-corrected chi connectivity index (χ2v) is 7.66. The number of likely N-dealkylation sites (N-methyl/N-ethyl adjacent to an activating group) is 1. The van der Waals surface area contributed by atoms with Gasteiger partial charge in [0.15, 0.2) is 5.96 Å². The summed E-state index contributed by atoms with van der Waals surface area (Å²) in [6.07, 6.45) is 11.9. The van der Waals surface area contributed by atoms with E-state index in [1.54, 1.807) is 0 Å². The molecular formula is C21H46IN5. The third kappa shape index (κ3) is 15.5. The molecule has 0 atom stereocenters. The standard InChI is InChI=1S/C21H45N5.HI/c1-4-6-7-8-9-10-11-14-23-21(22-5-2)24-15-12-13-16-26-19-17-25(3)18-20-26;/h4-20H2,1-3H3,(H2,22,23,24);1H. The normalized spacial score (nSPS) is 16.2. The molecular weight excluding hydrogens is 449 g/mol. The van der Waals surface area contributed by atoms with Crippen LogP contribution < -0.4 is 10.6 Å². The third-order valence-corrected chi connectivity index (χ3v) is 5.17. The van der Waals surface area contributed by atoms with Crippen LogP contribution >= 0.6 is 24.0 Å². The van der Waals surface area contributed by atoms with E-state index >= 15 is 0 Å². The van der Waals surface area contributed by atoms with Crippen LogP contribution in [0.2, 0.25) is 0 Å². The van der Waals surface area contributed by atoms with E-state index in [2.05, 4.69) is 41.3 Å². The first-order chi connectivity index (χ1) is 12.8. The first-order valence-corrected chi connectivity index (χ1v) is 11.2. The number of guanidine groups is 1. The summed E-state index contributed by atoms with van der Waals surface area (Å²) in [6, 6.07) is 0. The highest BCUT2D eigenvalue weighted by Gasteiger charge is 2.12. The van der Waals surface area contributed by atoms with Gasteiger partial charge in [-0.2, -0.15) is 0 Å². The fourth-order valence-electron chi connectivity index (χ4n) is 3.34. The Morgan fingerprint density at radius 3 is 2.15 bits per heavy atom. The highest BCUT2D eigenvalue weighted by Crippen LogP contribution is 2.06. The summed E-state index contributed by atoms with van der Waals surface area (Å²) in [5, 5.41) is 6.87. The molecule has 162 valence electrons. The lowest BCUT2D eigenvalue weighted by Gasteiger charge is -2.32. The van der Waals surface area contributed by atoms with Crippen molar-refractivity contribution in [3.8, 4) is 0 Å². The summed E-state index contributed by atoms with van der Waals surface area (Å²) in [7, 11) is 2.22. The summed E-state index contributed by atoms with van der Waals surface area (Å²) in [5.74, 6) is 0.998. The molecule has 1 aliphatic rings. The van der Waals surface area contributed by atoms with Crippen LogP contribution in [0, 0.1) is 0 Å². The zero-order chi connectivity index (χ0) is 18.9. The summed E-state index contributed by atoms with van der Waals surface area (Å²) in [6.45, 7) is 13.4. The number of nitrogens with zero attached hydrogens (tertiary/aromatic N) is 3. The Kier molecular flexibility index (Phi) is 19.2. The zero-order valence-corrected chi connectivity index (χ0v) is 20.6. The predicted molar refractivity (Wildman–Crippen MR) is 131 cm³/mol. The van der Waals surface area contributed by atoms with E-state index in [9.17, 15) is 0 Å². The maximum absolute atomic E-state index is 4.72. The lowest BCUT2D eigenvalue weighted by Crippen LogP contribution is -2.44. The monoisotopic (exact) mass is 495 g/mol. The predicted octanol–water partition coefficient (Wildman–Crippen LogP) is 3.94. The van der Waals surface area contributed by atoms with Gasteiger partial charge in [0.05, 0.1) is 0 Å². The van der Waals surface area contributed by atoms with Crippen LogP contribution in [0.25, 0.3) is 0 Å². The molecule has 0 saturated carbocycles. The van der Waals surface area contributed by atoms with Crippen LogP contribution in [0.15, 0.2) is 4.99 Å². The zero-order valence-electron chi connectivity index (χ0n) is 18.3. The molecule has 5 nitrogen and oxygen atoms in total. The minimum Gasteiger partial charge on any atom is -0.357 e. The first-order valence-electron chi connectivity index (χ1n) is 11.2. The van der Waals surface area contributed by atoms with Crippen LogP contribution in [-0.2, 0) is 0 Å². The number of aliphatic imine (C=N–C) groups is 1. The molecule has 0 spiro atoms. The number of unbranched alkanes of at least 4 members (excludes halogenated alkanes) is 7. The Balaban J connectivity index is 0.00000676. The number of hydrogen-bond donors (Lipinski definition) is 2. The molecule has 1 heterocycles. The highest BCUT2D eigenvalue weighted by atomic mass is 127. The molecule has 0 aromatic rings. The second kappa shape index (κ2) is 19.2. The number of nitrogens with one attached hydrogen (secondary N) is 2. The molecule has 27 heavy (non-hydrogen) atoms. The first kappa shape index (κ1) is 26.9. The second-order valence-electron chi connectivity index (χ2n) is 7.66. The summed E-state index contributed by atoms with van der Waals surface area (Å²) < 4.78 is 0. The van der Waals surface area contributed by atoms with Crippen molar-refractivity contribution >= 4 is 29.9 Å². The molecule has 1 saturated heterocycles. The SMILES string of the molecule is CCCCCCCCCN=C(NCC)NCCCCN1CCN(C)CC1.I. The molecule has 0 radical (unpaired) electrons. The molecule has 0 aromatic heterocycles. The van der Waals surface area contributed by atoms with Gasteiger partial charge in [-0.1, -0.05) is 45.4 Å². The Labute approximate surface area is 186 Å². The van der Waals surface area contributed by atoms with E-state index < -0.39 is 0 Å². The van der Waals surface area contributed by atoms with Crippen molar-refractivity contribution in [1.29, 1.82) is 0 Å². The van der Waals surface area contributed by atoms with E-state index in [-0.39, 0.29) is 24.0 Å². The van der Waals surface area contributed by atoms with Gasteiger partial charge in [-0.15, -0.1) is 24.0 Å². The van der Waals surface area contributed by atoms with Gasteiger partial charge in [-0.05, 0) is 39.8 Å². The lowest BCUT2D eigenvalue weighted by atomic mass is 10.1. The molecule has 0 aliphatic carbocycles. The average Bonchev–Trinajstić information content (AvgIpc) is 2.65. The fraction of sp³-hybridized carbons (Fsp3) is 0.952. The molecule has 0 aromatic carbocycles. The van der Waals surface area contributed by atoms with E-state index in [1.165, 1.54) is 90.5 Å². The fourth-order valence-corrected chi connectivity index (χ4v) is 3.34. The van der Waals surface area contributed by atoms with Gasteiger partial charge < -0.3 is 20.4 Å². The molecule has 6 heteroatoms. The number of hydrogen-bond acceptors (Lipinski definition) is 3. The van der Waals surface area contributed by atoms with Crippen LogP contribution in [-0.4, -0.2) is 75.2 Å². The third-order valence-electron chi connectivity index (χ3n) is 5.17. The summed E-state index contributed by atoms with van der Waals surface area (Å²) in [4.78, 5) is 9.74. The van der Waals surface area contributed by atoms with Crippen LogP contribution in [0.4, 0.5) is 0 Å². The highest BCUT2D eigenvalue weighted by molar-refractivity contribution is 14.0. The number of halogens is 1. The van der Waals surface area contributed by atoms with Gasteiger partial charge in [0.2, 0.25) is 0 Å². The Hall–Kier alpha value is -0.0800. The largest absolute Gasteiger partial charge is 0.357 e. The average molecular weight is 496 g/mol. The molecule has 2 N–H and O–H groups in total. The van der Waals surface area contributed by atoms with Crippen molar-refractivity contribution < 1.29 is 0 Å². The van der Waals surface area contributed by atoms with Crippen molar-refractivity contribution in [2.75, 3.05) is 59.4 Å². The molecule has 0 amide bonds. The molecule has 0 unspecified atom stereocenters. The van der Waals surface area contributed by atoms with Gasteiger partial charge in [0.25, 0.3) is 0 Å². The Bertz CT molecular complexity index is 343. The van der Waals surface area contributed by atoms with E-state index in [4.69, 9.17) is 4.99 Å². The Morgan fingerprint density at radius 1 is 0.815 bits per heavy atom. The molecule has 1 aliphatic heterocycles. The molecule has 1 rings (SSSR count). The van der Waals surface area contributed by atoms with Crippen molar-refractivity contribution in [2.24, 2.45) is 4.99 Å². The van der Waals surface area contributed by atoms with Crippen molar-refractivity contribution in [3.63, 3.8) is 0 Å².